The van der Waals surface area contributed by atoms with Crippen LogP contribution in [0.5, 0.6) is 0 Å². The zero-order chi connectivity index (χ0) is 16.6. The van der Waals surface area contributed by atoms with Gasteiger partial charge in [-0.2, -0.15) is 0 Å². The second-order valence-electron chi connectivity index (χ2n) is 6.43. The Balaban J connectivity index is 1.74. The van der Waals surface area contributed by atoms with Gasteiger partial charge in [0.2, 0.25) is 5.91 Å². The Kier molecular flexibility index (Phi) is 4.90. The van der Waals surface area contributed by atoms with Crippen molar-refractivity contribution in [2.75, 3.05) is 19.7 Å². The smallest absolute Gasteiger partial charge is 0.228 e. The van der Waals surface area contributed by atoms with Crippen molar-refractivity contribution >= 4 is 17.5 Å². The summed E-state index contributed by atoms with van der Waals surface area (Å²) in [6.45, 7) is 3.48. The molecule has 0 bridgehead atoms. The number of benzene rings is 1. The molecule has 6 heteroatoms. The van der Waals surface area contributed by atoms with Crippen molar-refractivity contribution in [2.24, 2.45) is 11.8 Å². The summed E-state index contributed by atoms with van der Waals surface area (Å²) in [5, 5.41) is 9.75. The minimum atomic E-state index is -0.499. The zero-order valence-electron chi connectivity index (χ0n) is 13.0. The van der Waals surface area contributed by atoms with Crippen molar-refractivity contribution in [1.29, 1.82) is 0 Å². The molecule has 1 aromatic carbocycles. The fourth-order valence-corrected chi connectivity index (χ4v) is 3.59. The zero-order valence-corrected chi connectivity index (χ0v) is 13.8. The first-order valence-electron chi connectivity index (χ1n) is 8.00. The van der Waals surface area contributed by atoms with E-state index in [2.05, 4.69) is 0 Å². The third-order valence-corrected chi connectivity index (χ3v) is 5.21. The van der Waals surface area contributed by atoms with Gasteiger partial charge < -0.3 is 14.7 Å². The first kappa shape index (κ1) is 16.7. The van der Waals surface area contributed by atoms with E-state index in [0.717, 1.165) is 6.42 Å². The van der Waals surface area contributed by atoms with Crippen LogP contribution in [0, 0.1) is 17.7 Å². The van der Waals surface area contributed by atoms with Gasteiger partial charge in [0.05, 0.1) is 23.1 Å². The van der Waals surface area contributed by atoms with E-state index in [1.54, 1.807) is 17.9 Å². The fraction of sp³-hybridized carbons (Fsp3) is 0.588. The van der Waals surface area contributed by atoms with Gasteiger partial charge in [0.15, 0.2) is 0 Å². The van der Waals surface area contributed by atoms with Crippen LogP contribution in [0.1, 0.15) is 31.4 Å². The number of carbonyl (C=O) groups is 1. The second kappa shape index (κ2) is 6.75. The van der Waals surface area contributed by atoms with E-state index in [-0.39, 0.29) is 22.8 Å². The average Bonchev–Trinajstić information content (AvgIpc) is 3.18. The van der Waals surface area contributed by atoms with Crippen LogP contribution in [-0.2, 0) is 9.53 Å². The summed E-state index contributed by atoms with van der Waals surface area (Å²) in [4.78, 5) is 14.6. The Morgan fingerprint density at radius 2 is 2.26 bits per heavy atom. The normalized spacial score (nSPS) is 29.0. The third kappa shape index (κ3) is 3.37. The van der Waals surface area contributed by atoms with E-state index < -0.39 is 18.0 Å². The number of ether oxygens (including phenoxy) is 1. The molecule has 2 unspecified atom stereocenters. The van der Waals surface area contributed by atoms with Crippen LogP contribution in [0.25, 0.3) is 0 Å². The summed E-state index contributed by atoms with van der Waals surface area (Å²) in [7, 11) is 0. The molecule has 2 aliphatic rings. The molecule has 0 radical (unpaired) electrons. The first-order valence-corrected chi connectivity index (χ1v) is 8.38. The van der Waals surface area contributed by atoms with Crippen LogP contribution in [0.3, 0.4) is 0 Å². The number of nitrogens with zero attached hydrogens (tertiary/aromatic N) is 1. The lowest BCUT2D eigenvalue weighted by molar-refractivity contribution is -0.136. The highest BCUT2D eigenvalue weighted by molar-refractivity contribution is 6.30. The number of carbonyl (C=O) groups excluding carboxylic acids is 1. The molecular weight excluding hydrogens is 321 g/mol. The van der Waals surface area contributed by atoms with Crippen LogP contribution in [-0.4, -0.2) is 41.7 Å². The summed E-state index contributed by atoms with van der Waals surface area (Å²) in [6.07, 6.45) is 0.606. The minimum absolute atomic E-state index is 0.0333. The molecular formula is C17H21ClFNO3. The molecule has 1 amide bonds. The van der Waals surface area contributed by atoms with E-state index in [1.807, 2.05) is 0 Å². The Hall–Kier alpha value is -1.17. The highest BCUT2D eigenvalue weighted by Gasteiger charge is 2.40. The summed E-state index contributed by atoms with van der Waals surface area (Å²) in [6, 6.07) is 4.56. The van der Waals surface area contributed by atoms with Crippen molar-refractivity contribution in [1.82, 2.24) is 4.90 Å². The van der Waals surface area contributed by atoms with Gasteiger partial charge in [0, 0.05) is 25.6 Å². The number of halogens is 2. The van der Waals surface area contributed by atoms with Gasteiger partial charge in [-0.25, -0.2) is 4.39 Å². The van der Waals surface area contributed by atoms with E-state index in [0.29, 0.717) is 31.7 Å². The second-order valence-corrected chi connectivity index (χ2v) is 6.84. The molecule has 1 aromatic rings. The third-order valence-electron chi connectivity index (χ3n) is 4.90. The highest BCUT2D eigenvalue weighted by Crippen LogP contribution is 2.37. The van der Waals surface area contributed by atoms with E-state index >= 15 is 0 Å². The number of hydrogen-bond acceptors (Lipinski definition) is 3. The van der Waals surface area contributed by atoms with E-state index in [4.69, 9.17) is 16.3 Å². The van der Waals surface area contributed by atoms with E-state index in [9.17, 15) is 14.3 Å². The van der Waals surface area contributed by atoms with Gasteiger partial charge in [0.1, 0.15) is 5.82 Å². The lowest BCUT2D eigenvalue weighted by Gasteiger charge is -2.25. The maximum Gasteiger partial charge on any atom is 0.228 e. The lowest BCUT2D eigenvalue weighted by Crippen LogP contribution is -2.36. The monoisotopic (exact) mass is 341 g/mol. The molecule has 4 nitrogen and oxygen atoms in total. The van der Waals surface area contributed by atoms with Crippen molar-refractivity contribution in [3.63, 3.8) is 0 Å². The Bertz CT molecular complexity index is 595. The average molecular weight is 342 g/mol. The minimum Gasteiger partial charge on any atom is -0.393 e. The molecule has 2 heterocycles. The fourth-order valence-electron chi connectivity index (χ4n) is 3.48. The Labute approximate surface area is 140 Å². The number of rotatable bonds is 3. The molecule has 0 spiro atoms. The number of amides is 1. The van der Waals surface area contributed by atoms with Crippen molar-refractivity contribution < 1.29 is 19.0 Å². The van der Waals surface area contributed by atoms with Gasteiger partial charge in [-0.3, -0.25) is 4.79 Å². The summed E-state index contributed by atoms with van der Waals surface area (Å²) < 4.78 is 19.4. The molecule has 0 saturated carbocycles. The predicted molar refractivity (Wildman–Crippen MR) is 84.6 cm³/mol. The van der Waals surface area contributed by atoms with Crippen LogP contribution in [0.2, 0.25) is 5.02 Å². The van der Waals surface area contributed by atoms with Gasteiger partial charge in [-0.1, -0.05) is 17.7 Å². The summed E-state index contributed by atoms with van der Waals surface area (Å²) in [5.74, 6) is -0.636. The first-order chi connectivity index (χ1) is 11.0. The molecule has 1 N–H and O–H groups in total. The topological polar surface area (TPSA) is 49.8 Å². The summed E-state index contributed by atoms with van der Waals surface area (Å²) in [5.41, 5.74) is 0.647. The molecule has 2 saturated heterocycles. The van der Waals surface area contributed by atoms with Crippen LogP contribution < -0.4 is 0 Å². The molecule has 126 valence electrons. The number of likely N-dealkylation sites (tertiary alicyclic amines) is 1. The SMILES string of the molecule is CC(O)C1CCN(C(=O)[C@@H]2CCO[C@H]2c2ccc(Cl)c(F)c2)C1. The molecule has 2 aliphatic heterocycles. The van der Waals surface area contributed by atoms with Gasteiger partial charge in [-0.05, 0) is 37.5 Å². The lowest BCUT2D eigenvalue weighted by atomic mass is 9.94. The Morgan fingerprint density at radius 1 is 1.48 bits per heavy atom. The molecule has 0 aromatic heterocycles. The van der Waals surface area contributed by atoms with Crippen molar-refractivity contribution in [2.45, 2.75) is 32.0 Å². The van der Waals surface area contributed by atoms with Crippen molar-refractivity contribution in [3.8, 4) is 0 Å². The van der Waals surface area contributed by atoms with Crippen molar-refractivity contribution in [3.05, 3.63) is 34.6 Å². The molecule has 2 fully saturated rings. The van der Waals surface area contributed by atoms with Crippen LogP contribution in [0.4, 0.5) is 4.39 Å². The van der Waals surface area contributed by atoms with Gasteiger partial charge in [-0.15, -0.1) is 0 Å². The van der Waals surface area contributed by atoms with Crippen LogP contribution in [0.15, 0.2) is 18.2 Å². The van der Waals surface area contributed by atoms with Gasteiger partial charge >= 0.3 is 0 Å². The number of aliphatic hydroxyl groups excluding tert-OH is 1. The van der Waals surface area contributed by atoms with Crippen LogP contribution >= 0.6 is 11.6 Å². The molecule has 4 atom stereocenters. The molecule has 0 aliphatic carbocycles. The Morgan fingerprint density at radius 3 is 2.91 bits per heavy atom. The number of aliphatic hydroxyl groups is 1. The molecule has 3 rings (SSSR count). The maximum atomic E-state index is 13.7. The largest absolute Gasteiger partial charge is 0.393 e. The maximum absolute atomic E-state index is 13.7. The summed E-state index contributed by atoms with van der Waals surface area (Å²) >= 11 is 5.72. The molecule has 23 heavy (non-hydrogen) atoms. The predicted octanol–water partition coefficient (Wildman–Crippen LogP) is 2.79. The van der Waals surface area contributed by atoms with E-state index in [1.165, 1.54) is 12.1 Å². The standard InChI is InChI=1S/C17H21ClFNO3/c1-10(21)12-4-6-20(9-12)17(22)13-5-7-23-16(13)11-2-3-14(18)15(19)8-11/h2-3,8,10,12-13,16,21H,4-7,9H2,1H3/t10?,12?,13-,16+/m1/s1. The van der Waals surface area contributed by atoms with Gasteiger partial charge in [0.25, 0.3) is 0 Å². The quantitative estimate of drug-likeness (QED) is 0.919. The number of hydrogen-bond donors (Lipinski definition) is 1. The highest BCUT2D eigenvalue weighted by atomic mass is 35.5.